The van der Waals surface area contributed by atoms with Crippen molar-refractivity contribution in [3.63, 3.8) is 0 Å². The van der Waals surface area contributed by atoms with Gasteiger partial charge in [-0.05, 0) is 6.07 Å². The molecule has 4 rings (SSSR count). The van der Waals surface area contributed by atoms with Gasteiger partial charge in [0.25, 0.3) is 5.91 Å². The van der Waals surface area contributed by atoms with E-state index in [1.165, 1.54) is 6.33 Å². The molecule has 0 radical (unpaired) electrons. The second-order valence-electron chi connectivity index (χ2n) is 6.61. The predicted molar refractivity (Wildman–Crippen MR) is 95.3 cm³/mol. The number of carbonyl (C=O) groups excluding carboxylic acids is 1. The van der Waals surface area contributed by atoms with Crippen molar-refractivity contribution in [3.8, 4) is 17.2 Å². The number of nitrogens with one attached hydrogen (secondary N) is 1. The summed E-state index contributed by atoms with van der Waals surface area (Å²) in [6.45, 7) is 0.808. The highest BCUT2D eigenvalue weighted by atomic mass is 16.7. The average molecular weight is 407 g/mol. The molecule has 0 spiro atoms. The van der Waals surface area contributed by atoms with Gasteiger partial charge in [-0.3, -0.25) is 4.79 Å². The molecular formula is C17H21N5O7. The van der Waals surface area contributed by atoms with Crippen molar-refractivity contribution >= 4 is 5.91 Å². The Morgan fingerprint density at radius 3 is 2.79 bits per heavy atom. The van der Waals surface area contributed by atoms with Crippen molar-refractivity contribution in [2.24, 2.45) is 5.73 Å². The van der Waals surface area contributed by atoms with E-state index in [4.69, 9.17) is 24.7 Å². The van der Waals surface area contributed by atoms with Gasteiger partial charge in [0.1, 0.15) is 30.4 Å². The maximum atomic E-state index is 11.1. The van der Waals surface area contributed by atoms with Crippen LogP contribution >= 0.6 is 0 Å². The van der Waals surface area contributed by atoms with Crippen molar-refractivity contribution in [2.45, 2.75) is 31.1 Å². The third-order valence-corrected chi connectivity index (χ3v) is 4.76. The molecule has 12 nitrogen and oxygen atoms in total. The molecule has 5 N–H and O–H groups in total. The second-order valence-corrected chi connectivity index (χ2v) is 6.61. The zero-order valence-electron chi connectivity index (χ0n) is 15.5. The van der Waals surface area contributed by atoms with E-state index in [2.05, 4.69) is 15.4 Å². The van der Waals surface area contributed by atoms with Gasteiger partial charge in [0.05, 0.1) is 7.11 Å². The van der Waals surface area contributed by atoms with E-state index in [1.54, 1.807) is 13.2 Å². The first-order valence-corrected chi connectivity index (χ1v) is 8.87. The van der Waals surface area contributed by atoms with E-state index in [9.17, 15) is 15.0 Å². The minimum atomic E-state index is -1.25. The lowest BCUT2D eigenvalue weighted by atomic mass is 10.1. The number of carbonyl (C=O) groups is 1. The molecular weight excluding hydrogens is 386 g/mol. The molecule has 0 saturated carbocycles. The summed E-state index contributed by atoms with van der Waals surface area (Å²) in [5.41, 5.74) is 5.96. The summed E-state index contributed by atoms with van der Waals surface area (Å²) >= 11 is 0. The number of benzene rings is 1. The van der Waals surface area contributed by atoms with Crippen LogP contribution in [0.3, 0.4) is 0 Å². The molecule has 2 aromatic rings. The molecule has 2 aliphatic heterocycles. The molecule has 1 saturated heterocycles. The number of hydrogen-bond acceptors (Lipinski definition) is 10. The van der Waals surface area contributed by atoms with Gasteiger partial charge in [0.15, 0.2) is 17.7 Å². The SMILES string of the molecule is COc1cc2c(cc1CNC[C@H]1O[C@@H](n3cnc(C(N)=O)n3)[C@H](O)[C@@H]1O)OCO2. The van der Waals surface area contributed by atoms with Gasteiger partial charge in [0, 0.05) is 24.7 Å². The molecule has 0 aliphatic carbocycles. The van der Waals surface area contributed by atoms with E-state index in [0.717, 1.165) is 10.2 Å². The Balaban J connectivity index is 1.38. The van der Waals surface area contributed by atoms with Crippen molar-refractivity contribution in [3.05, 3.63) is 29.8 Å². The van der Waals surface area contributed by atoms with Crippen LogP contribution in [0.4, 0.5) is 0 Å². The standard InChI is InChI=1S/C17H21N5O7/c1-26-9-3-11-10(27-7-28-11)2-8(9)4-19-5-12-13(23)14(24)17(29-12)22-6-20-16(21-22)15(18)25/h2-3,6,12-14,17,19,23-24H,4-5,7H2,1H3,(H2,18,25)/t12-,13-,14-,17-/m1/s1. The molecule has 3 heterocycles. The summed E-state index contributed by atoms with van der Waals surface area (Å²) in [5.74, 6) is 0.884. The molecule has 29 heavy (non-hydrogen) atoms. The molecule has 12 heteroatoms. The summed E-state index contributed by atoms with van der Waals surface area (Å²) in [6, 6.07) is 3.57. The smallest absolute Gasteiger partial charge is 0.288 e. The molecule has 1 aromatic carbocycles. The number of rotatable bonds is 7. The quantitative estimate of drug-likeness (QED) is 0.426. The Labute approximate surface area is 165 Å². The fourth-order valence-corrected chi connectivity index (χ4v) is 3.27. The first kappa shape index (κ1) is 19.4. The minimum Gasteiger partial charge on any atom is -0.496 e. The predicted octanol–water partition coefficient (Wildman–Crippen LogP) is -1.48. The molecule has 1 amide bonds. The fourth-order valence-electron chi connectivity index (χ4n) is 3.27. The fraction of sp³-hybridized carbons (Fsp3) is 0.471. The lowest BCUT2D eigenvalue weighted by Crippen LogP contribution is -2.37. The number of aliphatic hydroxyl groups is 2. The third kappa shape index (κ3) is 3.70. The highest BCUT2D eigenvalue weighted by molar-refractivity contribution is 5.88. The topological polar surface area (TPSA) is 163 Å². The van der Waals surface area contributed by atoms with E-state index >= 15 is 0 Å². The first-order chi connectivity index (χ1) is 14.0. The molecule has 4 atom stereocenters. The van der Waals surface area contributed by atoms with Crippen LogP contribution in [0.15, 0.2) is 18.5 Å². The van der Waals surface area contributed by atoms with Crippen LogP contribution in [0.5, 0.6) is 17.2 Å². The number of amides is 1. The van der Waals surface area contributed by atoms with Crippen LogP contribution in [0.1, 0.15) is 22.4 Å². The molecule has 1 aromatic heterocycles. The van der Waals surface area contributed by atoms with E-state index < -0.39 is 30.4 Å². The monoisotopic (exact) mass is 407 g/mol. The Morgan fingerprint density at radius 1 is 1.34 bits per heavy atom. The van der Waals surface area contributed by atoms with Crippen LogP contribution < -0.4 is 25.3 Å². The Morgan fingerprint density at radius 2 is 2.10 bits per heavy atom. The number of aliphatic hydroxyl groups excluding tert-OH is 2. The van der Waals surface area contributed by atoms with E-state index in [1.807, 2.05) is 6.07 Å². The zero-order chi connectivity index (χ0) is 20.5. The number of nitrogens with zero attached hydrogens (tertiary/aromatic N) is 3. The van der Waals surface area contributed by atoms with Crippen molar-refractivity contribution in [2.75, 3.05) is 20.4 Å². The highest BCUT2D eigenvalue weighted by Gasteiger charge is 2.44. The molecule has 0 unspecified atom stereocenters. The van der Waals surface area contributed by atoms with E-state index in [0.29, 0.717) is 23.8 Å². The molecule has 1 fully saturated rings. The number of nitrogens with two attached hydrogens (primary N) is 1. The maximum absolute atomic E-state index is 11.1. The van der Waals surface area contributed by atoms with Crippen LogP contribution in [0.25, 0.3) is 0 Å². The van der Waals surface area contributed by atoms with Crippen molar-refractivity contribution < 1.29 is 34.0 Å². The summed E-state index contributed by atoms with van der Waals surface area (Å²) in [5, 5.41) is 27.6. The Hall–Kier alpha value is -2.93. The average Bonchev–Trinajstić information content (AvgIpc) is 3.42. The molecule has 156 valence electrons. The maximum Gasteiger partial charge on any atom is 0.288 e. The summed E-state index contributed by atoms with van der Waals surface area (Å²) in [4.78, 5) is 14.9. The number of fused-ring (bicyclic) bond motifs is 1. The van der Waals surface area contributed by atoms with Crippen LogP contribution in [0, 0.1) is 0 Å². The van der Waals surface area contributed by atoms with Gasteiger partial charge in [-0.25, -0.2) is 9.67 Å². The van der Waals surface area contributed by atoms with Gasteiger partial charge in [-0.1, -0.05) is 0 Å². The van der Waals surface area contributed by atoms with Gasteiger partial charge < -0.3 is 40.2 Å². The second kappa shape index (κ2) is 7.83. The Kier molecular flexibility index (Phi) is 5.24. The number of primary amides is 1. The lowest BCUT2D eigenvalue weighted by molar-refractivity contribution is -0.0439. The Bertz CT molecular complexity index is 904. The minimum absolute atomic E-state index is 0.163. The molecule has 0 bridgehead atoms. The van der Waals surface area contributed by atoms with Crippen LogP contribution in [0.2, 0.25) is 0 Å². The van der Waals surface area contributed by atoms with Crippen LogP contribution in [-0.2, 0) is 11.3 Å². The van der Waals surface area contributed by atoms with Gasteiger partial charge in [-0.2, -0.15) is 0 Å². The lowest BCUT2D eigenvalue weighted by Gasteiger charge is -2.16. The number of aromatic nitrogens is 3. The van der Waals surface area contributed by atoms with E-state index in [-0.39, 0.29) is 19.2 Å². The highest BCUT2D eigenvalue weighted by Crippen LogP contribution is 2.38. The molecule has 2 aliphatic rings. The largest absolute Gasteiger partial charge is 0.496 e. The summed E-state index contributed by atoms with van der Waals surface area (Å²) in [6.07, 6.45) is -2.89. The van der Waals surface area contributed by atoms with Crippen molar-refractivity contribution in [1.82, 2.24) is 20.1 Å². The normalized spacial score (nSPS) is 25.3. The van der Waals surface area contributed by atoms with Gasteiger partial charge >= 0.3 is 0 Å². The number of ether oxygens (including phenoxy) is 4. The summed E-state index contributed by atoms with van der Waals surface area (Å²) in [7, 11) is 1.56. The zero-order valence-corrected chi connectivity index (χ0v) is 15.5. The van der Waals surface area contributed by atoms with Gasteiger partial charge in [-0.15, -0.1) is 5.10 Å². The van der Waals surface area contributed by atoms with Crippen molar-refractivity contribution in [1.29, 1.82) is 0 Å². The first-order valence-electron chi connectivity index (χ1n) is 8.87. The van der Waals surface area contributed by atoms with Crippen LogP contribution in [-0.4, -0.2) is 69.6 Å². The number of methoxy groups -OCH3 is 1. The van der Waals surface area contributed by atoms with Gasteiger partial charge in [0.2, 0.25) is 12.6 Å². The summed E-state index contributed by atoms with van der Waals surface area (Å²) < 4.78 is 23.0. The number of hydrogen-bond donors (Lipinski definition) is 4. The third-order valence-electron chi connectivity index (χ3n) is 4.76.